The summed E-state index contributed by atoms with van der Waals surface area (Å²) in [5.41, 5.74) is 3.56. The van der Waals surface area contributed by atoms with Gasteiger partial charge in [-0.25, -0.2) is 12.4 Å². The highest BCUT2D eigenvalue weighted by Gasteiger charge is 2.33. The number of hydrogen-bond acceptors (Lipinski definition) is 3. The number of likely N-dealkylation sites (tertiary alicyclic amines) is 1. The van der Waals surface area contributed by atoms with E-state index in [0.717, 1.165) is 67.7 Å². The molecule has 2 aromatic rings. The molecule has 0 N–H and O–H groups in total. The Morgan fingerprint density at radius 2 is 1.69 bits per heavy atom. The Bertz CT molecular complexity index is 1120. The van der Waals surface area contributed by atoms with Gasteiger partial charge in [-0.2, -0.15) is 0 Å². The average molecular weight is 457 g/mol. The van der Waals surface area contributed by atoms with E-state index in [-0.39, 0.29) is 5.91 Å². The molecule has 0 bridgehead atoms. The maximum atomic E-state index is 13.2. The molecule has 1 aromatic heterocycles. The minimum atomic E-state index is -3.41. The van der Waals surface area contributed by atoms with Gasteiger partial charge in [-0.05, 0) is 73.6 Å². The van der Waals surface area contributed by atoms with Gasteiger partial charge in [0.25, 0.3) is 5.91 Å². The number of rotatable bonds is 3. The van der Waals surface area contributed by atoms with E-state index in [1.807, 2.05) is 23.1 Å². The molecule has 0 spiro atoms. The van der Waals surface area contributed by atoms with Crippen molar-refractivity contribution in [3.63, 3.8) is 0 Å². The maximum Gasteiger partial charge on any atom is 0.253 e. The lowest BCUT2D eigenvalue weighted by atomic mass is 9.72. The van der Waals surface area contributed by atoms with Crippen molar-refractivity contribution in [2.45, 2.75) is 71.1 Å². The molecule has 32 heavy (non-hydrogen) atoms. The number of aromatic nitrogens is 1. The summed E-state index contributed by atoms with van der Waals surface area (Å²) >= 11 is 0. The van der Waals surface area contributed by atoms with E-state index in [0.29, 0.717) is 17.4 Å². The lowest BCUT2D eigenvalue weighted by Crippen LogP contribution is -2.37. The Kier molecular flexibility index (Phi) is 5.85. The number of amides is 1. The monoisotopic (exact) mass is 456 g/mol. The Labute approximate surface area is 192 Å². The number of nitrogens with zero attached hydrogens (tertiary/aromatic N) is 2. The van der Waals surface area contributed by atoms with Crippen LogP contribution in [0.2, 0.25) is 0 Å². The molecule has 2 heterocycles. The fraction of sp³-hybridized carbons (Fsp3) is 0.654. The third-order valence-electron chi connectivity index (χ3n) is 8.32. The van der Waals surface area contributed by atoms with Crippen LogP contribution in [0.4, 0.5) is 0 Å². The highest BCUT2D eigenvalue weighted by atomic mass is 32.2. The molecule has 2 aliphatic carbocycles. The maximum absolute atomic E-state index is 13.2. The van der Waals surface area contributed by atoms with Crippen LogP contribution < -0.4 is 0 Å². The zero-order chi connectivity index (χ0) is 22.5. The van der Waals surface area contributed by atoms with Crippen LogP contribution in [-0.2, 0) is 22.9 Å². The molecule has 0 radical (unpaired) electrons. The number of benzene rings is 1. The lowest BCUT2D eigenvalue weighted by Gasteiger charge is -2.33. The predicted octanol–water partition coefficient (Wildman–Crippen LogP) is 5.01. The van der Waals surface area contributed by atoms with Crippen LogP contribution in [-0.4, -0.2) is 42.5 Å². The summed E-state index contributed by atoms with van der Waals surface area (Å²) in [5.74, 6) is 2.14. The topological polar surface area (TPSA) is 59.4 Å². The van der Waals surface area contributed by atoms with Crippen molar-refractivity contribution in [2.24, 2.45) is 17.8 Å². The molecule has 1 aromatic carbocycles. The zero-order valence-electron chi connectivity index (χ0n) is 19.5. The van der Waals surface area contributed by atoms with Crippen LogP contribution in [0.1, 0.15) is 79.9 Å². The minimum absolute atomic E-state index is 0.0827. The van der Waals surface area contributed by atoms with E-state index in [1.54, 1.807) is 3.97 Å². The first kappa shape index (κ1) is 22.0. The highest BCUT2D eigenvalue weighted by molar-refractivity contribution is 7.89. The fourth-order valence-electron chi connectivity index (χ4n) is 6.46. The van der Waals surface area contributed by atoms with E-state index >= 15 is 0 Å². The van der Waals surface area contributed by atoms with E-state index in [4.69, 9.17) is 0 Å². The Hall–Kier alpha value is -1.82. The van der Waals surface area contributed by atoms with Gasteiger partial charge < -0.3 is 4.90 Å². The second-order valence-electron chi connectivity index (χ2n) is 10.6. The van der Waals surface area contributed by atoms with E-state index in [9.17, 15) is 13.2 Å². The summed E-state index contributed by atoms with van der Waals surface area (Å²) in [4.78, 5) is 15.2. The smallest absolute Gasteiger partial charge is 0.253 e. The second kappa shape index (κ2) is 8.51. The van der Waals surface area contributed by atoms with Crippen LogP contribution in [0.25, 0.3) is 10.9 Å². The van der Waals surface area contributed by atoms with Gasteiger partial charge in [0.15, 0.2) is 0 Å². The molecule has 1 saturated heterocycles. The highest BCUT2D eigenvalue weighted by Crippen LogP contribution is 2.41. The van der Waals surface area contributed by atoms with Crippen LogP contribution in [0.3, 0.4) is 0 Å². The standard InChI is InChI=1S/C26H36N2O3S/c1-18-12-14-27(15-13-18)26(29)21-9-11-25-23(17-21)22-16-20(19-6-4-3-5-7-19)8-10-24(22)28(25)32(2,30)31/h9,11,17-20H,3-8,10,12-16H2,1-2H3. The normalized spacial score (nSPS) is 23.4. The van der Waals surface area contributed by atoms with Gasteiger partial charge in [0.2, 0.25) is 10.0 Å². The first-order valence-electron chi connectivity index (χ1n) is 12.5. The van der Waals surface area contributed by atoms with Crippen molar-refractivity contribution in [3.8, 4) is 0 Å². The van der Waals surface area contributed by atoms with Crippen molar-refractivity contribution in [1.29, 1.82) is 0 Å². The molecule has 1 unspecified atom stereocenters. The molecule has 1 atom stereocenters. The Balaban J connectivity index is 1.54. The summed E-state index contributed by atoms with van der Waals surface area (Å²) in [6, 6.07) is 5.68. The number of fused-ring (bicyclic) bond motifs is 3. The van der Waals surface area contributed by atoms with Crippen molar-refractivity contribution < 1.29 is 13.2 Å². The van der Waals surface area contributed by atoms with Crippen molar-refractivity contribution >= 4 is 26.8 Å². The molecule has 1 aliphatic heterocycles. The van der Waals surface area contributed by atoms with Crippen LogP contribution in [0.15, 0.2) is 18.2 Å². The largest absolute Gasteiger partial charge is 0.339 e. The molecule has 3 aliphatic rings. The van der Waals surface area contributed by atoms with Gasteiger partial charge in [-0.1, -0.05) is 39.0 Å². The van der Waals surface area contributed by atoms with Gasteiger partial charge in [-0.3, -0.25) is 4.79 Å². The van der Waals surface area contributed by atoms with Crippen LogP contribution >= 0.6 is 0 Å². The molecule has 1 amide bonds. The van der Waals surface area contributed by atoms with Gasteiger partial charge in [-0.15, -0.1) is 0 Å². The summed E-state index contributed by atoms with van der Waals surface area (Å²) in [7, 11) is -3.41. The SMILES string of the molecule is CC1CCN(C(=O)c2ccc3c(c2)c2c(n3S(C)(=O)=O)CCC(C3CCCCC3)C2)CC1. The average Bonchev–Trinajstić information content (AvgIpc) is 3.13. The Morgan fingerprint density at radius 1 is 0.969 bits per heavy atom. The summed E-state index contributed by atoms with van der Waals surface area (Å²) in [5, 5.41) is 0.974. The van der Waals surface area contributed by atoms with E-state index in [1.165, 1.54) is 43.9 Å². The third-order valence-corrected chi connectivity index (χ3v) is 9.40. The fourth-order valence-corrected chi connectivity index (χ4v) is 7.58. The van der Waals surface area contributed by atoms with Crippen LogP contribution in [0, 0.1) is 17.8 Å². The predicted molar refractivity (Wildman–Crippen MR) is 129 cm³/mol. The van der Waals surface area contributed by atoms with Gasteiger partial charge in [0.05, 0.1) is 11.8 Å². The molecule has 1 saturated carbocycles. The van der Waals surface area contributed by atoms with Gasteiger partial charge >= 0.3 is 0 Å². The summed E-state index contributed by atoms with van der Waals surface area (Å²) < 4.78 is 27.1. The summed E-state index contributed by atoms with van der Waals surface area (Å²) in [6.45, 7) is 3.87. The van der Waals surface area contributed by atoms with E-state index in [2.05, 4.69) is 6.92 Å². The summed E-state index contributed by atoms with van der Waals surface area (Å²) in [6.07, 6.45) is 12.8. The molecule has 5 rings (SSSR count). The first-order chi connectivity index (χ1) is 15.3. The first-order valence-corrected chi connectivity index (χ1v) is 14.3. The second-order valence-corrected chi connectivity index (χ2v) is 12.4. The number of piperidine rings is 1. The van der Waals surface area contributed by atoms with E-state index < -0.39 is 10.0 Å². The minimum Gasteiger partial charge on any atom is -0.339 e. The number of hydrogen-bond donors (Lipinski definition) is 0. The van der Waals surface area contributed by atoms with Gasteiger partial charge in [0.1, 0.15) is 0 Å². The zero-order valence-corrected chi connectivity index (χ0v) is 20.3. The quantitative estimate of drug-likeness (QED) is 0.653. The van der Waals surface area contributed by atoms with Crippen molar-refractivity contribution in [1.82, 2.24) is 8.87 Å². The van der Waals surface area contributed by atoms with Crippen molar-refractivity contribution in [3.05, 3.63) is 35.0 Å². The third kappa shape index (κ3) is 4.00. The molecule has 6 heteroatoms. The molecule has 5 nitrogen and oxygen atoms in total. The van der Waals surface area contributed by atoms with Crippen molar-refractivity contribution in [2.75, 3.05) is 19.3 Å². The Morgan fingerprint density at radius 3 is 2.38 bits per heavy atom. The molecule has 2 fully saturated rings. The lowest BCUT2D eigenvalue weighted by molar-refractivity contribution is 0.0697. The van der Waals surface area contributed by atoms with Crippen LogP contribution in [0.5, 0.6) is 0 Å². The molecule has 174 valence electrons. The number of carbonyl (C=O) groups excluding carboxylic acids is 1. The number of carbonyl (C=O) groups is 1. The molecular formula is C26H36N2O3S. The molecular weight excluding hydrogens is 420 g/mol. The van der Waals surface area contributed by atoms with Gasteiger partial charge in [0, 0.05) is 29.7 Å².